The van der Waals surface area contributed by atoms with Crippen molar-refractivity contribution < 1.29 is 32.3 Å². The van der Waals surface area contributed by atoms with Crippen LogP contribution in [-0.2, 0) is 32.3 Å². The normalized spacial score (nSPS) is 13.3. The first-order chi connectivity index (χ1) is 14.7. The molecule has 0 fully saturated rings. The summed E-state index contributed by atoms with van der Waals surface area (Å²) in [5.74, 6) is -1.07. The molecule has 0 radical (unpaired) electrons. The van der Waals surface area contributed by atoms with E-state index in [2.05, 4.69) is 5.32 Å². The summed E-state index contributed by atoms with van der Waals surface area (Å²) >= 11 is 1.20. The molecule has 11 heteroatoms. The zero-order valence-corrected chi connectivity index (χ0v) is 18.9. The van der Waals surface area contributed by atoms with Gasteiger partial charge in [-0.25, -0.2) is 18.0 Å². The van der Waals surface area contributed by atoms with E-state index >= 15 is 0 Å². The smallest absolute Gasteiger partial charge is 0.410 e. The Balaban J connectivity index is 1.88. The summed E-state index contributed by atoms with van der Waals surface area (Å²) in [4.78, 5) is 39.6. The van der Waals surface area contributed by atoms with Crippen LogP contribution >= 0.6 is 11.3 Å². The number of carbonyl (C=O) groups is 3. The molecule has 3 rings (SSSR count). The van der Waals surface area contributed by atoms with E-state index in [1.807, 2.05) is 0 Å². The van der Waals surface area contributed by atoms with Gasteiger partial charge in [0.15, 0.2) is 9.84 Å². The van der Waals surface area contributed by atoms with Gasteiger partial charge in [0.1, 0.15) is 5.00 Å². The number of anilines is 1. The molecule has 1 aliphatic heterocycles. The fourth-order valence-electron chi connectivity index (χ4n) is 3.21. The zero-order chi connectivity index (χ0) is 22.8. The largest absolute Gasteiger partial charge is 0.465 e. The van der Waals surface area contributed by atoms with Gasteiger partial charge in [0.2, 0.25) is 0 Å². The minimum atomic E-state index is -3.38. The van der Waals surface area contributed by atoms with Crippen molar-refractivity contribution in [1.29, 1.82) is 0 Å². The molecule has 1 aromatic carbocycles. The predicted molar refractivity (Wildman–Crippen MR) is 114 cm³/mol. The molecule has 0 aliphatic carbocycles. The van der Waals surface area contributed by atoms with Crippen molar-refractivity contribution in [2.75, 3.05) is 31.8 Å². The van der Waals surface area contributed by atoms with Crippen LogP contribution < -0.4 is 5.32 Å². The lowest BCUT2D eigenvalue weighted by molar-refractivity contribution is 0.0600. The Morgan fingerprint density at radius 1 is 1.19 bits per heavy atom. The fraction of sp³-hybridized carbons (Fsp3) is 0.350. The van der Waals surface area contributed by atoms with Crippen LogP contribution in [0.25, 0.3) is 0 Å². The van der Waals surface area contributed by atoms with Crippen LogP contribution in [0, 0.1) is 0 Å². The van der Waals surface area contributed by atoms with Gasteiger partial charge in [0, 0.05) is 23.2 Å². The molecule has 1 aliphatic rings. The number of nitrogens with one attached hydrogen (secondary N) is 1. The van der Waals surface area contributed by atoms with E-state index in [-0.39, 0.29) is 29.2 Å². The van der Waals surface area contributed by atoms with Gasteiger partial charge in [-0.2, -0.15) is 0 Å². The molecule has 1 aromatic heterocycles. The highest BCUT2D eigenvalue weighted by atomic mass is 32.2. The number of esters is 1. The third kappa shape index (κ3) is 4.88. The highest BCUT2D eigenvalue weighted by Crippen LogP contribution is 2.38. The highest BCUT2D eigenvalue weighted by molar-refractivity contribution is 7.90. The molecular formula is C20H22N2O7S2. The second-order valence-electron chi connectivity index (χ2n) is 6.82. The average Bonchev–Trinajstić information content (AvgIpc) is 3.09. The Morgan fingerprint density at radius 3 is 2.45 bits per heavy atom. The SMILES string of the molecule is CCOC(=O)N1CCc2c(sc(NC(=O)c3ccc(S(C)(=O)=O)cc3)c2C(=O)OC)C1. The van der Waals surface area contributed by atoms with Crippen molar-refractivity contribution in [3.05, 3.63) is 45.8 Å². The molecule has 2 amide bonds. The summed E-state index contributed by atoms with van der Waals surface area (Å²) < 4.78 is 33.1. The standard InChI is InChI=1S/C20H22N2O7S2/c1-4-29-20(25)22-10-9-14-15(11-22)30-18(16(14)19(24)28-2)21-17(23)12-5-7-13(8-6-12)31(3,26)27/h5-8H,4,9-11H2,1-3H3,(H,21,23). The molecule has 1 N–H and O–H groups in total. The van der Waals surface area contributed by atoms with Crippen LogP contribution in [0.2, 0.25) is 0 Å². The maximum atomic E-state index is 12.7. The topological polar surface area (TPSA) is 119 Å². The van der Waals surface area contributed by atoms with Crippen LogP contribution in [0.4, 0.5) is 9.80 Å². The van der Waals surface area contributed by atoms with E-state index in [4.69, 9.17) is 9.47 Å². The van der Waals surface area contributed by atoms with Gasteiger partial charge in [0.25, 0.3) is 5.91 Å². The Hall–Kier alpha value is -2.92. The summed E-state index contributed by atoms with van der Waals surface area (Å²) in [7, 11) is -2.12. The van der Waals surface area contributed by atoms with Crippen LogP contribution in [0.5, 0.6) is 0 Å². The van der Waals surface area contributed by atoms with Crippen molar-refractivity contribution in [2.24, 2.45) is 0 Å². The van der Waals surface area contributed by atoms with Crippen LogP contribution in [0.3, 0.4) is 0 Å². The molecule has 0 spiro atoms. The fourth-order valence-corrected chi connectivity index (χ4v) is 5.09. The van der Waals surface area contributed by atoms with Crippen molar-refractivity contribution in [1.82, 2.24) is 4.90 Å². The number of hydrogen-bond donors (Lipinski definition) is 1. The van der Waals surface area contributed by atoms with Crippen molar-refractivity contribution in [3.8, 4) is 0 Å². The van der Waals surface area contributed by atoms with Gasteiger partial charge < -0.3 is 19.7 Å². The molecule has 0 atom stereocenters. The molecule has 9 nitrogen and oxygen atoms in total. The second-order valence-corrected chi connectivity index (χ2v) is 9.94. The van der Waals surface area contributed by atoms with E-state index in [0.29, 0.717) is 18.0 Å². The summed E-state index contributed by atoms with van der Waals surface area (Å²) in [6.45, 7) is 2.64. The molecule has 166 valence electrons. The third-order valence-corrected chi connectivity index (χ3v) is 7.00. The van der Waals surface area contributed by atoms with E-state index in [1.165, 1.54) is 42.7 Å². The monoisotopic (exact) mass is 466 g/mol. The summed E-state index contributed by atoms with van der Waals surface area (Å²) in [5, 5.41) is 3.04. The van der Waals surface area contributed by atoms with Crippen LogP contribution in [0.1, 0.15) is 38.1 Å². The lowest BCUT2D eigenvalue weighted by Crippen LogP contribution is -2.36. The lowest BCUT2D eigenvalue weighted by Gasteiger charge is -2.26. The van der Waals surface area contributed by atoms with Gasteiger partial charge >= 0.3 is 12.1 Å². The maximum Gasteiger partial charge on any atom is 0.410 e. The van der Waals surface area contributed by atoms with Crippen LogP contribution in [0.15, 0.2) is 29.2 Å². The van der Waals surface area contributed by atoms with Crippen molar-refractivity contribution in [2.45, 2.75) is 24.8 Å². The molecule has 2 heterocycles. The van der Waals surface area contributed by atoms with Crippen LogP contribution in [-0.4, -0.2) is 57.8 Å². The number of sulfone groups is 1. The zero-order valence-electron chi connectivity index (χ0n) is 17.3. The molecular weight excluding hydrogens is 444 g/mol. The molecule has 31 heavy (non-hydrogen) atoms. The quantitative estimate of drug-likeness (QED) is 0.673. The number of ether oxygens (including phenoxy) is 2. The minimum absolute atomic E-state index is 0.102. The lowest BCUT2D eigenvalue weighted by atomic mass is 10.0. The second kappa shape index (κ2) is 9.06. The maximum absolute atomic E-state index is 12.7. The van der Waals surface area contributed by atoms with Gasteiger partial charge in [-0.05, 0) is 43.2 Å². The molecule has 2 aromatic rings. The van der Waals surface area contributed by atoms with Gasteiger partial charge in [0.05, 0.1) is 30.7 Å². The molecule has 0 saturated carbocycles. The van der Waals surface area contributed by atoms with Gasteiger partial charge in [-0.3, -0.25) is 4.79 Å². The number of carbonyl (C=O) groups excluding carboxylic acids is 3. The van der Waals surface area contributed by atoms with E-state index < -0.39 is 27.8 Å². The predicted octanol–water partition coefficient (Wildman–Crippen LogP) is 2.71. The number of methoxy groups -OCH3 is 1. The Bertz CT molecular complexity index is 1120. The summed E-state index contributed by atoms with van der Waals surface area (Å²) in [5.41, 5.74) is 1.25. The molecule has 0 saturated heterocycles. The number of hydrogen-bond acceptors (Lipinski definition) is 8. The number of fused-ring (bicyclic) bond motifs is 1. The average molecular weight is 467 g/mol. The Labute approximate surface area is 183 Å². The minimum Gasteiger partial charge on any atom is -0.465 e. The number of amides is 2. The molecule has 0 unspecified atom stereocenters. The number of benzene rings is 1. The Morgan fingerprint density at radius 2 is 1.87 bits per heavy atom. The van der Waals surface area contributed by atoms with E-state index in [0.717, 1.165) is 16.7 Å². The summed E-state index contributed by atoms with van der Waals surface area (Å²) in [6.07, 6.45) is 1.08. The highest BCUT2D eigenvalue weighted by Gasteiger charge is 2.31. The van der Waals surface area contributed by atoms with Gasteiger partial charge in [-0.1, -0.05) is 0 Å². The van der Waals surface area contributed by atoms with E-state index in [1.54, 1.807) is 11.8 Å². The van der Waals surface area contributed by atoms with Crippen molar-refractivity contribution in [3.63, 3.8) is 0 Å². The number of thiophene rings is 1. The van der Waals surface area contributed by atoms with Crippen molar-refractivity contribution >= 4 is 44.1 Å². The summed E-state index contributed by atoms with van der Waals surface area (Å²) in [6, 6.07) is 5.50. The first-order valence-corrected chi connectivity index (χ1v) is 12.1. The van der Waals surface area contributed by atoms with Gasteiger partial charge in [-0.15, -0.1) is 11.3 Å². The first-order valence-electron chi connectivity index (χ1n) is 9.41. The first kappa shape index (κ1) is 22.8. The van der Waals surface area contributed by atoms with E-state index in [9.17, 15) is 22.8 Å². The Kier molecular flexibility index (Phi) is 6.65. The molecule has 0 bridgehead atoms. The number of rotatable bonds is 5. The number of nitrogens with zero attached hydrogens (tertiary/aromatic N) is 1. The third-order valence-electron chi connectivity index (χ3n) is 4.74.